The Labute approximate surface area is 313 Å². The molecule has 8 aromatic carbocycles. The molecule has 4 aliphatic heterocycles. The van der Waals surface area contributed by atoms with Crippen molar-refractivity contribution < 1.29 is 0 Å². The van der Waals surface area contributed by atoms with E-state index in [0.29, 0.717) is 0 Å². The van der Waals surface area contributed by atoms with Gasteiger partial charge in [-0.3, -0.25) is 0 Å². The fourth-order valence-corrected chi connectivity index (χ4v) is 12.1. The molecule has 0 atom stereocenters. The molecule has 0 aromatic heterocycles. The fourth-order valence-electron chi connectivity index (χ4n) is 10.1. The van der Waals surface area contributed by atoms with E-state index in [9.17, 15) is 0 Å². The van der Waals surface area contributed by atoms with Crippen LogP contribution in [0.1, 0.15) is 0 Å². The van der Waals surface area contributed by atoms with Crippen molar-refractivity contribution in [3.05, 3.63) is 182 Å². The van der Waals surface area contributed by atoms with Crippen molar-refractivity contribution in [1.29, 1.82) is 0 Å². The minimum Gasteiger partial charge on any atom is -0.312 e. The summed E-state index contributed by atoms with van der Waals surface area (Å²) in [7, 11) is -0.797. The second-order valence-corrected chi connectivity index (χ2v) is 16.6. The van der Waals surface area contributed by atoms with Gasteiger partial charge in [-0.25, -0.2) is 0 Å². The van der Waals surface area contributed by atoms with Gasteiger partial charge < -0.3 is 9.80 Å². The van der Waals surface area contributed by atoms with Crippen LogP contribution in [0.4, 0.5) is 34.1 Å². The lowest BCUT2D eigenvalue weighted by Crippen LogP contribution is -2.74. The number of fused-ring (bicyclic) bond motifs is 10. The van der Waals surface area contributed by atoms with E-state index in [1.54, 1.807) is 10.4 Å². The summed E-state index contributed by atoms with van der Waals surface area (Å²) in [5, 5.41) is 3.12. The number of anilines is 6. The van der Waals surface area contributed by atoms with E-state index in [-0.39, 0.29) is 13.4 Å². The standard InChI is InChI=1S/C48H32B2N2Si/c1-3-16-31(17-4-1)33-20-15-21-34(32-18-5-2-6-19-32)47(33)52-41-28-13-8-23-36(41)49-35-22-7-11-26-39(35)51-40-27-12-9-24-37(40)50-38-25-10-14-29-43(38)53-44-30-42(52)45(49)48(51)46(44)50/h1-30H,53H2. The molecular weight excluding hydrogens is 654 g/mol. The third-order valence-electron chi connectivity index (χ3n) is 12.1. The predicted molar refractivity (Wildman–Crippen MR) is 230 cm³/mol. The van der Waals surface area contributed by atoms with Gasteiger partial charge in [0.25, 0.3) is 6.71 Å². The number of para-hydroxylation sites is 4. The summed E-state index contributed by atoms with van der Waals surface area (Å²) < 4.78 is 0. The van der Waals surface area contributed by atoms with Gasteiger partial charge in [0.1, 0.15) is 0 Å². The van der Waals surface area contributed by atoms with Crippen LogP contribution in [0.2, 0.25) is 0 Å². The highest BCUT2D eigenvalue weighted by molar-refractivity contribution is 7.08. The Morgan fingerprint density at radius 3 is 1.36 bits per heavy atom. The molecule has 12 rings (SSSR count). The molecule has 0 saturated carbocycles. The van der Waals surface area contributed by atoms with Crippen LogP contribution in [-0.2, 0) is 0 Å². The number of benzene rings is 8. The normalized spacial score (nSPS) is 14.3. The molecule has 8 aromatic rings. The van der Waals surface area contributed by atoms with Crippen molar-refractivity contribution in [3.8, 4) is 22.3 Å². The summed E-state index contributed by atoms with van der Waals surface area (Å²) in [6.07, 6.45) is 0. The first-order valence-corrected chi connectivity index (χ1v) is 20.1. The molecular formula is C48H32B2N2Si. The van der Waals surface area contributed by atoms with Gasteiger partial charge in [0.15, 0.2) is 0 Å². The lowest BCUT2D eigenvalue weighted by Gasteiger charge is -2.50. The Kier molecular flexibility index (Phi) is 6.14. The van der Waals surface area contributed by atoms with Gasteiger partial charge in [0, 0.05) is 39.6 Å². The van der Waals surface area contributed by atoms with Crippen LogP contribution < -0.4 is 53.0 Å². The Balaban J connectivity index is 1.25. The number of hydrogen-bond donors (Lipinski definition) is 0. The molecule has 5 heteroatoms. The highest BCUT2D eigenvalue weighted by Crippen LogP contribution is 2.49. The van der Waals surface area contributed by atoms with Crippen molar-refractivity contribution in [3.63, 3.8) is 0 Å². The molecule has 4 heterocycles. The summed E-state index contributed by atoms with van der Waals surface area (Å²) in [6, 6.07) is 68.4. The number of nitrogens with zero attached hydrogens (tertiary/aromatic N) is 2. The van der Waals surface area contributed by atoms with Crippen molar-refractivity contribution >= 4 is 100 Å². The summed E-state index contributed by atoms with van der Waals surface area (Å²) in [6.45, 7) is 0.322. The van der Waals surface area contributed by atoms with Gasteiger partial charge in [-0.2, -0.15) is 0 Å². The average molecular weight is 687 g/mol. The summed E-state index contributed by atoms with van der Waals surface area (Å²) in [5.41, 5.74) is 21.3. The molecule has 0 radical (unpaired) electrons. The Hall–Kier alpha value is -6.29. The van der Waals surface area contributed by atoms with Crippen molar-refractivity contribution in [2.75, 3.05) is 9.80 Å². The quantitative estimate of drug-likeness (QED) is 0.231. The van der Waals surface area contributed by atoms with Gasteiger partial charge in [-0.1, -0.05) is 174 Å². The van der Waals surface area contributed by atoms with Gasteiger partial charge in [0.2, 0.25) is 6.71 Å². The van der Waals surface area contributed by atoms with Crippen molar-refractivity contribution in [2.24, 2.45) is 0 Å². The molecule has 2 nitrogen and oxygen atoms in total. The van der Waals surface area contributed by atoms with Crippen LogP contribution in [0.25, 0.3) is 22.3 Å². The van der Waals surface area contributed by atoms with E-state index in [2.05, 4.69) is 192 Å². The molecule has 0 bridgehead atoms. The van der Waals surface area contributed by atoms with Gasteiger partial charge >= 0.3 is 0 Å². The minimum absolute atomic E-state index is 0.110. The maximum absolute atomic E-state index is 2.65. The zero-order valence-electron chi connectivity index (χ0n) is 29.1. The monoisotopic (exact) mass is 686 g/mol. The average Bonchev–Trinajstić information content (AvgIpc) is 3.23. The minimum atomic E-state index is -0.797. The molecule has 244 valence electrons. The molecule has 0 aliphatic carbocycles. The van der Waals surface area contributed by atoms with Crippen LogP contribution in [0, 0.1) is 0 Å². The maximum atomic E-state index is 2.65. The topological polar surface area (TPSA) is 6.48 Å². The zero-order valence-corrected chi connectivity index (χ0v) is 30.5. The third kappa shape index (κ3) is 4.00. The van der Waals surface area contributed by atoms with Crippen LogP contribution >= 0.6 is 0 Å². The fraction of sp³-hybridized carbons (Fsp3) is 0. The molecule has 0 spiro atoms. The van der Waals surface area contributed by atoms with E-state index >= 15 is 0 Å². The van der Waals surface area contributed by atoms with E-state index < -0.39 is 9.52 Å². The number of rotatable bonds is 3. The first-order chi connectivity index (χ1) is 26.3. The first kappa shape index (κ1) is 29.3. The molecule has 0 fully saturated rings. The maximum Gasteiger partial charge on any atom is 0.252 e. The van der Waals surface area contributed by atoms with E-state index in [1.807, 2.05) is 0 Å². The van der Waals surface area contributed by atoms with Gasteiger partial charge in [-0.05, 0) is 62.7 Å². The van der Waals surface area contributed by atoms with Crippen LogP contribution in [0.3, 0.4) is 0 Å². The first-order valence-electron chi connectivity index (χ1n) is 18.7. The van der Waals surface area contributed by atoms with E-state index in [4.69, 9.17) is 0 Å². The zero-order chi connectivity index (χ0) is 34.6. The molecule has 0 N–H and O–H groups in total. The Morgan fingerprint density at radius 2 is 0.792 bits per heavy atom. The molecule has 4 aliphatic rings. The molecule has 53 heavy (non-hydrogen) atoms. The van der Waals surface area contributed by atoms with Crippen molar-refractivity contribution in [2.45, 2.75) is 0 Å². The van der Waals surface area contributed by atoms with Crippen LogP contribution in [0.15, 0.2) is 182 Å². The largest absolute Gasteiger partial charge is 0.312 e. The van der Waals surface area contributed by atoms with E-state index in [1.165, 1.54) is 89.2 Å². The molecule has 0 unspecified atom stereocenters. The predicted octanol–water partition coefficient (Wildman–Crippen LogP) is 5.37. The highest BCUT2D eigenvalue weighted by Gasteiger charge is 2.50. The van der Waals surface area contributed by atoms with Crippen molar-refractivity contribution in [1.82, 2.24) is 0 Å². The Morgan fingerprint density at radius 1 is 0.340 bits per heavy atom. The van der Waals surface area contributed by atoms with Gasteiger partial charge in [-0.15, -0.1) is 0 Å². The second kappa shape index (κ2) is 11.1. The SMILES string of the molecule is c1ccc(-c2cccc(-c3ccccc3)c2N2c3ccccc3B3c4ccccc4N4c5ccccc5B5c6ccccc6[SiH2]c6cc2c3c4c65)cc1. The highest BCUT2D eigenvalue weighted by atomic mass is 28.2. The van der Waals surface area contributed by atoms with Crippen LogP contribution in [-0.4, -0.2) is 22.9 Å². The number of hydrogen-bond acceptors (Lipinski definition) is 2. The summed E-state index contributed by atoms with van der Waals surface area (Å²) >= 11 is 0. The summed E-state index contributed by atoms with van der Waals surface area (Å²) in [5.74, 6) is 0. The summed E-state index contributed by atoms with van der Waals surface area (Å²) in [4.78, 5) is 5.30. The molecule has 0 amide bonds. The Bertz CT molecular complexity index is 2730. The second-order valence-electron chi connectivity index (χ2n) is 14.8. The van der Waals surface area contributed by atoms with Crippen LogP contribution in [0.5, 0.6) is 0 Å². The third-order valence-corrected chi connectivity index (χ3v) is 14.1. The lowest BCUT2D eigenvalue weighted by molar-refractivity contribution is 1.26. The lowest BCUT2D eigenvalue weighted by atomic mass is 9.29. The smallest absolute Gasteiger partial charge is 0.252 e. The van der Waals surface area contributed by atoms with Gasteiger partial charge in [0.05, 0.1) is 15.2 Å². The van der Waals surface area contributed by atoms with E-state index in [0.717, 1.165) is 0 Å². The molecule has 0 saturated heterocycles.